The summed E-state index contributed by atoms with van der Waals surface area (Å²) < 4.78 is 19.9. The number of halogens is 1. The summed E-state index contributed by atoms with van der Waals surface area (Å²) in [6, 6.07) is 5.78. The Morgan fingerprint density at radius 3 is 2.90 bits per heavy atom. The number of ether oxygens (including phenoxy) is 1. The van der Waals surface area contributed by atoms with Gasteiger partial charge in [0.25, 0.3) is 5.91 Å². The zero-order chi connectivity index (χ0) is 14.7. The van der Waals surface area contributed by atoms with E-state index in [0.29, 0.717) is 18.8 Å². The third kappa shape index (κ3) is 3.18. The molecule has 1 unspecified atom stereocenters. The van der Waals surface area contributed by atoms with Gasteiger partial charge in [-0.15, -0.1) is 5.10 Å². The highest BCUT2D eigenvalue weighted by Crippen LogP contribution is 2.20. The fourth-order valence-electron chi connectivity index (χ4n) is 2.36. The number of carbonyl (C=O) groups is 1. The Kier molecular flexibility index (Phi) is 3.81. The number of hydrogen-bond donors (Lipinski definition) is 0. The molecule has 1 aliphatic rings. The van der Waals surface area contributed by atoms with E-state index >= 15 is 0 Å². The molecule has 0 saturated carbocycles. The first-order valence-corrected chi connectivity index (χ1v) is 6.74. The van der Waals surface area contributed by atoms with Gasteiger partial charge in [0, 0.05) is 19.3 Å². The topological polar surface area (TPSA) is 60.2 Å². The van der Waals surface area contributed by atoms with E-state index in [2.05, 4.69) is 10.3 Å². The minimum Gasteiger partial charge on any atom is -0.484 e. The van der Waals surface area contributed by atoms with E-state index in [9.17, 15) is 9.18 Å². The Hall–Kier alpha value is -2.44. The van der Waals surface area contributed by atoms with Gasteiger partial charge in [0.1, 0.15) is 11.6 Å². The molecule has 7 heteroatoms. The largest absolute Gasteiger partial charge is 0.484 e. The second-order valence-corrected chi connectivity index (χ2v) is 4.91. The molecule has 1 saturated heterocycles. The second kappa shape index (κ2) is 5.90. The van der Waals surface area contributed by atoms with Crippen LogP contribution in [0.1, 0.15) is 12.5 Å². The highest BCUT2D eigenvalue weighted by molar-refractivity contribution is 5.78. The van der Waals surface area contributed by atoms with E-state index in [1.165, 1.54) is 24.3 Å². The molecule has 1 aliphatic heterocycles. The third-order valence-electron chi connectivity index (χ3n) is 3.51. The maximum Gasteiger partial charge on any atom is 0.260 e. The number of likely N-dealkylation sites (tertiary alicyclic amines) is 1. The second-order valence-electron chi connectivity index (χ2n) is 4.91. The zero-order valence-corrected chi connectivity index (χ0v) is 11.4. The lowest BCUT2D eigenvalue weighted by molar-refractivity contribution is -0.132. The predicted octanol–water partition coefficient (Wildman–Crippen LogP) is 1.27. The molecule has 1 amide bonds. The van der Waals surface area contributed by atoms with Crippen LogP contribution in [0.15, 0.2) is 36.7 Å². The molecule has 0 spiro atoms. The lowest BCUT2D eigenvalue weighted by Gasteiger charge is -2.16. The van der Waals surface area contributed by atoms with Gasteiger partial charge in [0.15, 0.2) is 6.61 Å². The van der Waals surface area contributed by atoms with Crippen LogP contribution in [0, 0.1) is 5.82 Å². The van der Waals surface area contributed by atoms with Gasteiger partial charge < -0.3 is 9.64 Å². The van der Waals surface area contributed by atoms with Crippen LogP contribution in [0.4, 0.5) is 4.39 Å². The van der Waals surface area contributed by atoms with E-state index in [1.807, 2.05) is 0 Å². The number of aromatic nitrogens is 3. The number of carbonyl (C=O) groups excluding carboxylic acids is 1. The summed E-state index contributed by atoms with van der Waals surface area (Å²) in [5.74, 6) is 0.0719. The molecule has 1 fully saturated rings. The molecule has 1 aromatic carbocycles. The Morgan fingerprint density at radius 1 is 1.38 bits per heavy atom. The van der Waals surface area contributed by atoms with Crippen LogP contribution in [0.25, 0.3) is 0 Å². The maximum atomic E-state index is 12.8. The van der Waals surface area contributed by atoms with Crippen LogP contribution in [0.2, 0.25) is 0 Å². The summed E-state index contributed by atoms with van der Waals surface area (Å²) >= 11 is 0. The highest BCUT2D eigenvalue weighted by Gasteiger charge is 2.27. The highest BCUT2D eigenvalue weighted by atomic mass is 19.1. The first-order chi connectivity index (χ1) is 10.2. The molecule has 0 N–H and O–H groups in total. The molecule has 0 radical (unpaired) electrons. The van der Waals surface area contributed by atoms with Gasteiger partial charge in [0.2, 0.25) is 0 Å². The molecule has 3 rings (SSSR count). The number of hydrogen-bond acceptors (Lipinski definition) is 4. The summed E-state index contributed by atoms with van der Waals surface area (Å²) in [5, 5.41) is 7.73. The summed E-state index contributed by atoms with van der Waals surface area (Å²) in [6.07, 6.45) is 4.28. The minimum absolute atomic E-state index is 0.0459. The Labute approximate surface area is 121 Å². The van der Waals surface area contributed by atoms with Crippen molar-refractivity contribution < 1.29 is 13.9 Å². The SMILES string of the molecule is O=C(COc1ccc(F)cc1)N1CCC(n2ccnn2)C1. The van der Waals surface area contributed by atoms with Crippen LogP contribution in [0.5, 0.6) is 5.75 Å². The van der Waals surface area contributed by atoms with Gasteiger partial charge in [-0.05, 0) is 30.7 Å². The third-order valence-corrected chi connectivity index (χ3v) is 3.51. The maximum absolute atomic E-state index is 12.8. The molecular weight excluding hydrogens is 275 g/mol. The molecule has 2 heterocycles. The first kappa shape index (κ1) is 13.5. The van der Waals surface area contributed by atoms with Crippen molar-refractivity contribution in [1.29, 1.82) is 0 Å². The van der Waals surface area contributed by atoms with Crippen molar-refractivity contribution in [3.63, 3.8) is 0 Å². The van der Waals surface area contributed by atoms with Crippen molar-refractivity contribution in [1.82, 2.24) is 19.9 Å². The van der Waals surface area contributed by atoms with Gasteiger partial charge in [-0.3, -0.25) is 4.79 Å². The normalized spacial score (nSPS) is 18.0. The van der Waals surface area contributed by atoms with Crippen molar-refractivity contribution in [2.45, 2.75) is 12.5 Å². The van der Waals surface area contributed by atoms with Crippen molar-refractivity contribution in [2.24, 2.45) is 0 Å². The summed E-state index contributed by atoms with van der Waals surface area (Å²) in [7, 11) is 0. The summed E-state index contributed by atoms with van der Waals surface area (Å²) in [6.45, 7) is 1.24. The monoisotopic (exact) mass is 290 g/mol. The molecule has 2 aromatic rings. The van der Waals surface area contributed by atoms with E-state index < -0.39 is 0 Å². The standard InChI is InChI=1S/C14H15FN4O2/c15-11-1-3-13(4-2-11)21-10-14(20)18-7-5-12(9-18)19-8-6-16-17-19/h1-4,6,8,12H,5,7,9-10H2. The van der Waals surface area contributed by atoms with Crippen molar-refractivity contribution in [3.05, 3.63) is 42.5 Å². The smallest absolute Gasteiger partial charge is 0.260 e. The number of nitrogens with zero attached hydrogens (tertiary/aromatic N) is 4. The lowest BCUT2D eigenvalue weighted by atomic mass is 10.3. The minimum atomic E-state index is -0.330. The summed E-state index contributed by atoms with van der Waals surface area (Å²) in [4.78, 5) is 13.8. The van der Waals surface area contributed by atoms with E-state index in [-0.39, 0.29) is 24.4 Å². The Bertz CT molecular complexity index is 600. The zero-order valence-electron chi connectivity index (χ0n) is 11.4. The van der Waals surface area contributed by atoms with Crippen LogP contribution >= 0.6 is 0 Å². The lowest BCUT2D eigenvalue weighted by Crippen LogP contribution is -2.33. The Balaban J connectivity index is 1.51. The van der Waals surface area contributed by atoms with Gasteiger partial charge >= 0.3 is 0 Å². The molecule has 1 aromatic heterocycles. The molecular formula is C14H15FN4O2. The fraction of sp³-hybridized carbons (Fsp3) is 0.357. The molecule has 110 valence electrons. The van der Waals surface area contributed by atoms with Crippen molar-refractivity contribution >= 4 is 5.91 Å². The quantitative estimate of drug-likeness (QED) is 0.851. The van der Waals surface area contributed by atoms with Crippen LogP contribution in [0.3, 0.4) is 0 Å². The van der Waals surface area contributed by atoms with E-state index in [4.69, 9.17) is 4.74 Å². The molecule has 1 atom stereocenters. The van der Waals surface area contributed by atoms with E-state index in [1.54, 1.807) is 22.0 Å². The van der Waals surface area contributed by atoms with Crippen LogP contribution in [-0.4, -0.2) is 45.5 Å². The van der Waals surface area contributed by atoms with Crippen LogP contribution in [-0.2, 0) is 4.79 Å². The molecule has 0 aliphatic carbocycles. The molecule has 0 bridgehead atoms. The first-order valence-electron chi connectivity index (χ1n) is 6.74. The van der Waals surface area contributed by atoms with Crippen molar-refractivity contribution in [3.8, 4) is 5.75 Å². The Morgan fingerprint density at radius 2 is 2.19 bits per heavy atom. The summed E-state index contributed by atoms with van der Waals surface area (Å²) in [5.41, 5.74) is 0. The van der Waals surface area contributed by atoms with Crippen LogP contribution < -0.4 is 4.74 Å². The number of amides is 1. The van der Waals surface area contributed by atoms with Gasteiger partial charge in [0.05, 0.1) is 12.2 Å². The number of rotatable bonds is 4. The van der Waals surface area contributed by atoms with E-state index in [0.717, 1.165) is 6.42 Å². The molecule has 6 nitrogen and oxygen atoms in total. The van der Waals surface area contributed by atoms with Gasteiger partial charge in [-0.25, -0.2) is 9.07 Å². The van der Waals surface area contributed by atoms with Crippen molar-refractivity contribution in [2.75, 3.05) is 19.7 Å². The average Bonchev–Trinajstić information content (AvgIpc) is 3.17. The molecule has 21 heavy (non-hydrogen) atoms. The predicted molar refractivity (Wildman–Crippen MR) is 72.2 cm³/mol. The fourth-order valence-corrected chi connectivity index (χ4v) is 2.36. The average molecular weight is 290 g/mol. The number of benzene rings is 1. The van der Waals surface area contributed by atoms with Gasteiger partial charge in [-0.1, -0.05) is 5.21 Å². The van der Waals surface area contributed by atoms with Gasteiger partial charge in [-0.2, -0.15) is 0 Å².